The van der Waals surface area contributed by atoms with E-state index in [1.807, 2.05) is 78.9 Å². The van der Waals surface area contributed by atoms with Gasteiger partial charge in [-0.3, -0.25) is 4.79 Å². The Hall–Kier alpha value is -2.92. The van der Waals surface area contributed by atoms with Gasteiger partial charge in [-0.15, -0.1) is 0 Å². The Labute approximate surface area is 193 Å². The van der Waals surface area contributed by atoms with Gasteiger partial charge in [-0.2, -0.15) is 4.89 Å². The van der Waals surface area contributed by atoms with Crippen LogP contribution in [0.2, 0.25) is 5.02 Å². The van der Waals surface area contributed by atoms with E-state index in [0.29, 0.717) is 23.6 Å². The highest BCUT2D eigenvalue weighted by Gasteiger charge is 2.35. The zero-order valence-electron chi connectivity index (χ0n) is 17.6. The summed E-state index contributed by atoms with van der Waals surface area (Å²) in [6, 6.07) is 24.9. The molecule has 1 aliphatic carbocycles. The highest BCUT2D eigenvalue weighted by Crippen LogP contribution is 2.38. The maximum atomic E-state index is 13.2. The van der Waals surface area contributed by atoms with Gasteiger partial charge < -0.3 is 9.99 Å². The first kappa shape index (κ1) is 22.3. The maximum absolute atomic E-state index is 13.2. The summed E-state index contributed by atoms with van der Waals surface area (Å²) in [6.45, 7) is 0.284. The molecule has 0 saturated heterocycles. The van der Waals surface area contributed by atoms with Crippen molar-refractivity contribution in [3.8, 4) is 11.1 Å². The summed E-state index contributed by atoms with van der Waals surface area (Å²) in [6.07, 6.45) is 2.92. The van der Waals surface area contributed by atoms with Crippen LogP contribution in [-0.2, 0) is 16.4 Å². The predicted octanol–water partition coefficient (Wildman–Crippen LogP) is 6.24. The molecule has 1 N–H and O–H groups in total. The minimum absolute atomic E-state index is 0.0207. The van der Waals surface area contributed by atoms with Crippen LogP contribution in [0.3, 0.4) is 0 Å². The van der Waals surface area contributed by atoms with Gasteiger partial charge in [0.05, 0.1) is 0 Å². The van der Waals surface area contributed by atoms with Gasteiger partial charge in [-0.05, 0) is 47.2 Å². The Morgan fingerprint density at radius 1 is 0.938 bits per heavy atom. The van der Waals surface area contributed by atoms with E-state index in [9.17, 15) is 9.90 Å². The summed E-state index contributed by atoms with van der Waals surface area (Å²) >= 11 is 5.97. The summed E-state index contributed by atoms with van der Waals surface area (Å²) in [5.74, 6) is -0.395. The standard InChI is InChI=1S/C27H25ClO4/c28-24-13-10-21(11-14-24)20-6-8-22(9-7-20)27(30)25-15-12-23(16-29)26(25)18-32-31-17-19-4-2-1-3-5-19/h1-11,13-14,18,23,25,29H,12,15-17H2/b26-18+. The van der Waals surface area contributed by atoms with Crippen LogP contribution in [0.25, 0.3) is 11.1 Å². The Bertz CT molecular complexity index is 1060. The van der Waals surface area contributed by atoms with Crippen LogP contribution in [0, 0.1) is 11.8 Å². The second kappa shape index (κ2) is 10.6. The van der Waals surface area contributed by atoms with Crippen molar-refractivity contribution in [2.75, 3.05) is 6.61 Å². The van der Waals surface area contributed by atoms with Crippen molar-refractivity contribution in [1.29, 1.82) is 0 Å². The van der Waals surface area contributed by atoms with E-state index in [2.05, 4.69) is 0 Å². The molecule has 0 aromatic heterocycles. The van der Waals surface area contributed by atoms with Crippen LogP contribution in [-0.4, -0.2) is 17.5 Å². The second-order valence-corrected chi connectivity index (χ2v) is 8.36. The average Bonchev–Trinajstić information content (AvgIpc) is 3.25. The third-order valence-corrected chi connectivity index (χ3v) is 6.13. The molecule has 1 fully saturated rings. The van der Waals surface area contributed by atoms with Crippen LogP contribution in [0.15, 0.2) is 90.7 Å². The zero-order valence-corrected chi connectivity index (χ0v) is 18.4. The molecule has 3 aromatic rings. The fourth-order valence-electron chi connectivity index (χ4n) is 4.08. The van der Waals surface area contributed by atoms with Crippen LogP contribution in [0.5, 0.6) is 0 Å². The molecule has 2 unspecified atom stereocenters. The molecule has 2 atom stereocenters. The molecule has 5 heteroatoms. The number of aliphatic hydroxyl groups excluding tert-OH is 1. The first-order chi connectivity index (χ1) is 15.7. The van der Waals surface area contributed by atoms with Crippen molar-refractivity contribution >= 4 is 17.4 Å². The normalized spacial score (nSPS) is 19.2. The molecular formula is C27H25ClO4. The van der Waals surface area contributed by atoms with Gasteiger partial charge in [0.25, 0.3) is 0 Å². The molecule has 0 radical (unpaired) electrons. The number of benzene rings is 3. The van der Waals surface area contributed by atoms with E-state index >= 15 is 0 Å². The van der Waals surface area contributed by atoms with E-state index in [-0.39, 0.29) is 24.2 Å². The molecule has 0 bridgehead atoms. The molecule has 4 nitrogen and oxygen atoms in total. The fourth-order valence-corrected chi connectivity index (χ4v) is 4.21. The fraction of sp³-hybridized carbons (Fsp3) is 0.222. The number of hydrogen-bond acceptors (Lipinski definition) is 4. The molecule has 3 aromatic carbocycles. The maximum Gasteiger partial charge on any atom is 0.170 e. The first-order valence-electron chi connectivity index (χ1n) is 10.7. The SMILES string of the molecule is O=C(c1ccc(-c2ccc(Cl)cc2)cc1)C1CCC(CO)/C1=C\OOCc1ccccc1. The minimum atomic E-state index is -0.325. The quantitative estimate of drug-likeness (QED) is 0.146. The number of halogens is 1. The lowest BCUT2D eigenvalue weighted by Gasteiger charge is -2.15. The van der Waals surface area contributed by atoms with Crippen LogP contribution in [0.4, 0.5) is 0 Å². The van der Waals surface area contributed by atoms with Crippen molar-refractivity contribution in [3.63, 3.8) is 0 Å². The van der Waals surface area contributed by atoms with Crippen LogP contribution < -0.4 is 0 Å². The van der Waals surface area contributed by atoms with Crippen molar-refractivity contribution in [2.45, 2.75) is 19.4 Å². The lowest BCUT2D eigenvalue weighted by molar-refractivity contribution is -0.260. The van der Waals surface area contributed by atoms with E-state index in [1.165, 1.54) is 6.26 Å². The number of carbonyl (C=O) groups excluding carboxylic acids is 1. The van der Waals surface area contributed by atoms with Gasteiger partial charge in [0.2, 0.25) is 0 Å². The van der Waals surface area contributed by atoms with Crippen molar-refractivity contribution in [3.05, 3.63) is 107 Å². The monoisotopic (exact) mass is 448 g/mol. The van der Waals surface area contributed by atoms with E-state index in [1.54, 1.807) is 0 Å². The summed E-state index contributed by atoms with van der Waals surface area (Å²) in [7, 11) is 0. The van der Waals surface area contributed by atoms with Gasteiger partial charge in [0, 0.05) is 29.0 Å². The number of rotatable bonds is 8. The Balaban J connectivity index is 1.44. The number of aliphatic hydroxyl groups is 1. The van der Waals surface area contributed by atoms with Crippen molar-refractivity contribution in [2.24, 2.45) is 11.8 Å². The van der Waals surface area contributed by atoms with Gasteiger partial charge in [0.1, 0.15) is 12.9 Å². The highest BCUT2D eigenvalue weighted by atomic mass is 35.5. The molecule has 0 spiro atoms. The number of ketones is 1. The number of hydrogen-bond donors (Lipinski definition) is 1. The molecule has 164 valence electrons. The first-order valence-corrected chi connectivity index (χ1v) is 11.1. The van der Waals surface area contributed by atoms with E-state index in [0.717, 1.165) is 28.7 Å². The molecule has 0 amide bonds. The van der Waals surface area contributed by atoms with E-state index < -0.39 is 0 Å². The van der Waals surface area contributed by atoms with Crippen LogP contribution in [0.1, 0.15) is 28.8 Å². The van der Waals surface area contributed by atoms with Crippen molar-refractivity contribution in [1.82, 2.24) is 0 Å². The molecule has 1 saturated carbocycles. The number of Topliss-reactive ketones (excluding diaryl/α,β-unsaturated/α-hetero) is 1. The molecular weight excluding hydrogens is 424 g/mol. The molecule has 0 aliphatic heterocycles. The minimum Gasteiger partial charge on any atom is -0.396 e. The summed E-state index contributed by atoms with van der Waals surface area (Å²) < 4.78 is 0. The van der Waals surface area contributed by atoms with Gasteiger partial charge in [-0.25, -0.2) is 0 Å². The molecule has 32 heavy (non-hydrogen) atoms. The number of carbonyl (C=O) groups is 1. The Morgan fingerprint density at radius 2 is 1.59 bits per heavy atom. The molecule has 0 heterocycles. The summed E-state index contributed by atoms with van der Waals surface area (Å²) in [5, 5.41) is 10.5. The molecule has 4 rings (SSSR count). The Kier molecular flexibility index (Phi) is 7.38. The lowest BCUT2D eigenvalue weighted by Crippen LogP contribution is -2.16. The van der Waals surface area contributed by atoms with Crippen molar-refractivity contribution < 1.29 is 19.7 Å². The van der Waals surface area contributed by atoms with Gasteiger partial charge in [-0.1, -0.05) is 78.3 Å². The second-order valence-electron chi connectivity index (χ2n) is 7.92. The highest BCUT2D eigenvalue weighted by molar-refractivity contribution is 6.30. The Morgan fingerprint density at radius 3 is 2.25 bits per heavy atom. The van der Waals surface area contributed by atoms with E-state index in [4.69, 9.17) is 21.4 Å². The van der Waals surface area contributed by atoms with Crippen LogP contribution >= 0.6 is 11.6 Å². The van der Waals surface area contributed by atoms with Gasteiger partial charge >= 0.3 is 0 Å². The van der Waals surface area contributed by atoms with Gasteiger partial charge in [0.15, 0.2) is 5.78 Å². The smallest absolute Gasteiger partial charge is 0.170 e. The largest absolute Gasteiger partial charge is 0.396 e. The summed E-state index contributed by atoms with van der Waals surface area (Å²) in [4.78, 5) is 23.9. The lowest BCUT2D eigenvalue weighted by atomic mass is 9.90. The third kappa shape index (κ3) is 5.28. The average molecular weight is 449 g/mol. The summed E-state index contributed by atoms with van der Waals surface area (Å²) in [5.41, 5.74) is 4.48. The third-order valence-electron chi connectivity index (χ3n) is 5.88. The zero-order chi connectivity index (χ0) is 22.3. The predicted molar refractivity (Wildman–Crippen MR) is 125 cm³/mol. The topological polar surface area (TPSA) is 55.8 Å². The molecule has 1 aliphatic rings.